The minimum atomic E-state index is -1.63. The number of hydrogen-bond donors (Lipinski definition) is 6. The molecule has 0 bridgehead atoms. The topological polar surface area (TPSA) is 143 Å². The van der Waals surface area contributed by atoms with Crippen LogP contribution in [0, 0.1) is 0 Å². The summed E-state index contributed by atoms with van der Waals surface area (Å²) < 4.78 is 0. The summed E-state index contributed by atoms with van der Waals surface area (Å²) in [6.07, 6.45) is -3.93. The Balaban J connectivity index is 2.57. The number of phenols is 1. The predicted octanol–water partition coefficient (Wildman–Crippen LogP) is -1.82. The number of amides is 1. The Morgan fingerprint density at radius 2 is 1.95 bits per heavy atom. The molecule has 0 spiro atoms. The lowest BCUT2D eigenvalue weighted by Crippen LogP contribution is -2.40. The average Bonchev–Trinajstić information content (AvgIpc) is 2.45. The standard InChI is InChI=1S/C12H16N2O6/c15-6-10(18)11(19)9(17)5-13-14-12(20)7-3-1-2-4-8(7)16/h1-5,9-11,15-19H,6H2,(H,14,20)/t9-,10+,11-/m0/s1. The highest BCUT2D eigenvalue weighted by Crippen LogP contribution is 2.14. The van der Waals surface area contributed by atoms with Crippen molar-refractivity contribution in [2.45, 2.75) is 18.3 Å². The molecule has 1 rings (SSSR count). The zero-order valence-electron chi connectivity index (χ0n) is 10.4. The van der Waals surface area contributed by atoms with Gasteiger partial charge in [0.25, 0.3) is 5.91 Å². The molecule has 3 atom stereocenters. The molecule has 6 N–H and O–H groups in total. The van der Waals surface area contributed by atoms with Crippen LogP contribution in [0.25, 0.3) is 0 Å². The van der Waals surface area contributed by atoms with Gasteiger partial charge in [-0.1, -0.05) is 12.1 Å². The molecule has 0 saturated heterocycles. The van der Waals surface area contributed by atoms with Gasteiger partial charge in [0.05, 0.1) is 18.4 Å². The van der Waals surface area contributed by atoms with E-state index in [-0.39, 0.29) is 11.3 Å². The Morgan fingerprint density at radius 3 is 2.55 bits per heavy atom. The molecule has 0 unspecified atom stereocenters. The Morgan fingerprint density at radius 1 is 1.30 bits per heavy atom. The lowest BCUT2D eigenvalue weighted by molar-refractivity contribution is -0.0542. The van der Waals surface area contributed by atoms with Crippen LogP contribution < -0.4 is 5.43 Å². The van der Waals surface area contributed by atoms with Gasteiger partial charge in [0.2, 0.25) is 0 Å². The second kappa shape index (κ2) is 7.56. The van der Waals surface area contributed by atoms with Crippen molar-refractivity contribution >= 4 is 12.1 Å². The van der Waals surface area contributed by atoms with Gasteiger partial charge in [-0.15, -0.1) is 0 Å². The van der Waals surface area contributed by atoms with Crippen molar-refractivity contribution in [1.29, 1.82) is 0 Å². The molecular formula is C12H16N2O6. The van der Waals surface area contributed by atoms with E-state index in [0.717, 1.165) is 6.21 Å². The van der Waals surface area contributed by atoms with Gasteiger partial charge in [0.15, 0.2) is 0 Å². The van der Waals surface area contributed by atoms with Crippen molar-refractivity contribution < 1.29 is 30.3 Å². The highest BCUT2D eigenvalue weighted by molar-refractivity contribution is 5.96. The molecule has 1 aromatic rings. The molecule has 0 radical (unpaired) electrons. The van der Waals surface area contributed by atoms with Crippen LogP contribution in [-0.4, -0.2) is 62.6 Å². The number of aliphatic hydroxyl groups is 4. The summed E-state index contributed by atoms with van der Waals surface area (Å²) in [5.74, 6) is -0.930. The first-order chi connectivity index (χ1) is 9.47. The fourth-order valence-corrected chi connectivity index (χ4v) is 1.32. The maximum atomic E-state index is 11.6. The Hall–Kier alpha value is -2.00. The molecule has 0 aliphatic rings. The van der Waals surface area contributed by atoms with Crippen LogP contribution in [-0.2, 0) is 0 Å². The Bertz CT molecular complexity index is 479. The summed E-state index contributed by atoms with van der Waals surface area (Å²) in [7, 11) is 0. The van der Waals surface area contributed by atoms with E-state index in [0.29, 0.717) is 0 Å². The van der Waals surface area contributed by atoms with E-state index in [1.165, 1.54) is 12.1 Å². The molecule has 8 heteroatoms. The van der Waals surface area contributed by atoms with Crippen molar-refractivity contribution in [3.63, 3.8) is 0 Å². The third-order valence-electron chi connectivity index (χ3n) is 2.47. The summed E-state index contributed by atoms with van der Waals surface area (Å²) in [5.41, 5.74) is 2.03. The SMILES string of the molecule is O=C(NN=C[C@H](O)[C@H](O)[C@H](O)CO)c1ccccc1O. The minimum absolute atomic E-state index is 0.00455. The summed E-state index contributed by atoms with van der Waals surface area (Å²) in [6, 6.07) is 5.80. The van der Waals surface area contributed by atoms with Crippen molar-refractivity contribution in [3.8, 4) is 5.75 Å². The van der Waals surface area contributed by atoms with Gasteiger partial charge in [-0.3, -0.25) is 4.79 Å². The fraction of sp³-hybridized carbons (Fsp3) is 0.333. The van der Waals surface area contributed by atoms with E-state index < -0.39 is 30.8 Å². The van der Waals surface area contributed by atoms with E-state index in [9.17, 15) is 20.1 Å². The molecule has 0 aromatic heterocycles. The maximum Gasteiger partial charge on any atom is 0.275 e. The Labute approximate surface area is 114 Å². The molecule has 0 fully saturated rings. The van der Waals surface area contributed by atoms with Crippen LogP contribution in [0.15, 0.2) is 29.4 Å². The number of hydrogen-bond acceptors (Lipinski definition) is 7. The number of carbonyl (C=O) groups is 1. The third kappa shape index (κ3) is 4.28. The number of carbonyl (C=O) groups excluding carboxylic acids is 1. The fourth-order valence-electron chi connectivity index (χ4n) is 1.32. The van der Waals surface area contributed by atoms with Gasteiger partial charge < -0.3 is 25.5 Å². The van der Waals surface area contributed by atoms with Gasteiger partial charge in [-0.2, -0.15) is 5.10 Å². The van der Waals surface area contributed by atoms with Gasteiger partial charge in [-0.05, 0) is 12.1 Å². The lowest BCUT2D eigenvalue weighted by atomic mass is 10.1. The number of nitrogens with zero attached hydrogens (tertiary/aromatic N) is 1. The first-order valence-electron chi connectivity index (χ1n) is 5.74. The zero-order valence-corrected chi connectivity index (χ0v) is 10.4. The molecule has 0 aliphatic heterocycles. The zero-order chi connectivity index (χ0) is 15.1. The second-order valence-corrected chi connectivity index (χ2v) is 3.97. The maximum absolute atomic E-state index is 11.6. The van der Waals surface area contributed by atoms with Crippen LogP contribution in [0.5, 0.6) is 5.75 Å². The van der Waals surface area contributed by atoms with Crippen molar-refractivity contribution in [2.75, 3.05) is 6.61 Å². The Kier molecular flexibility index (Phi) is 6.07. The largest absolute Gasteiger partial charge is 0.507 e. The van der Waals surface area contributed by atoms with Gasteiger partial charge in [-0.25, -0.2) is 5.43 Å². The number of aliphatic hydroxyl groups excluding tert-OH is 4. The summed E-state index contributed by atoms with van der Waals surface area (Å²) in [6.45, 7) is -0.726. The van der Waals surface area contributed by atoms with Gasteiger partial charge in [0.1, 0.15) is 24.1 Å². The number of para-hydroxylation sites is 1. The number of nitrogens with one attached hydrogen (secondary N) is 1. The number of benzene rings is 1. The molecular weight excluding hydrogens is 268 g/mol. The lowest BCUT2D eigenvalue weighted by Gasteiger charge is -2.17. The first kappa shape index (κ1) is 16.1. The van der Waals surface area contributed by atoms with Crippen molar-refractivity contribution in [2.24, 2.45) is 5.10 Å². The smallest absolute Gasteiger partial charge is 0.275 e. The summed E-state index contributed by atoms with van der Waals surface area (Å²) >= 11 is 0. The van der Waals surface area contributed by atoms with Crippen LogP contribution >= 0.6 is 0 Å². The summed E-state index contributed by atoms with van der Waals surface area (Å²) in [5, 5.41) is 49.2. The van der Waals surface area contributed by atoms with Gasteiger partial charge >= 0.3 is 0 Å². The third-order valence-corrected chi connectivity index (χ3v) is 2.47. The molecule has 1 aromatic carbocycles. The molecule has 8 nitrogen and oxygen atoms in total. The number of aromatic hydroxyl groups is 1. The minimum Gasteiger partial charge on any atom is -0.507 e. The van der Waals surface area contributed by atoms with E-state index in [2.05, 4.69) is 5.10 Å². The average molecular weight is 284 g/mol. The van der Waals surface area contributed by atoms with E-state index in [1.54, 1.807) is 12.1 Å². The van der Waals surface area contributed by atoms with Crippen molar-refractivity contribution in [1.82, 2.24) is 5.43 Å². The molecule has 20 heavy (non-hydrogen) atoms. The first-order valence-corrected chi connectivity index (χ1v) is 5.74. The molecule has 1 amide bonds. The van der Waals surface area contributed by atoms with Crippen LogP contribution in [0.2, 0.25) is 0 Å². The second-order valence-electron chi connectivity index (χ2n) is 3.97. The van der Waals surface area contributed by atoms with E-state index in [1.807, 2.05) is 5.43 Å². The molecule has 0 saturated carbocycles. The number of rotatable bonds is 6. The van der Waals surface area contributed by atoms with Crippen LogP contribution in [0.4, 0.5) is 0 Å². The highest BCUT2D eigenvalue weighted by atomic mass is 16.4. The predicted molar refractivity (Wildman–Crippen MR) is 69.2 cm³/mol. The molecule has 0 heterocycles. The molecule has 0 aliphatic carbocycles. The summed E-state index contributed by atoms with van der Waals surface area (Å²) in [4.78, 5) is 11.6. The van der Waals surface area contributed by atoms with Crippen molar-refractivity contribution in [3.05, 3.63) is 29.8 Å². The van der Waals surface area contributed by atoms with Gasteiger partial charge in [0, 0.05) is 0 Å². The van der Waals surface area contributed by atoms with E-state index in [4.69, 9.17) is 10.2 Å². The monoisotopic (exact) mass is 284 g/mol. The molecule has 110 valence electrons. The highest BCUT2D eigenvalue weighted by Gasteiger charge is 2.22. The normalized spacial score (nSPS) is 15.8. The van der Waals surface area contributed by atoms with Crippen LogP contribution in [0.1, 0.15) is 10.4 Å². The van der Waals surface area contributed by atoms with E-state index >= 15 is 0 Å². The number of hydrazone groups is 1. The number of phenolic OH excluding ortho intramolecular Hbond substituents is 1. The quantitative estimate of drug-likeness (QED) is 0.268. The van der Waals surface area contributed by atoms with Crippen LogP contribution in [0.3, 0.4) is 0 Å².